The molecule has 0 radical (unpaired) electrons. The van der Waals surface area contributed by atoms with Gasteiger partial charge in [-0.25, -0.2) is 4.79 Å². The highest BCUT2D eigenvalue weighted by Gasteiger charge is 2.55. The summed E-state index contributed by atoms with van der Waals surface area (Å²) in [5.41, 5.74) is 4.91. The van der Waals surface area contributed by atoms with E-state index in [0.717, 1.165) is 0 Å². The van der Waals surface area contributed by atoms with Gasteiger partial charge in [-0.2, -0.15) is 0 Å². The lowest BCUT2D eigenvalue weighted by Crippen LogP contribution is -2.59. The smallest absolute Gasteiger partial charge is 0.410 e. The van der Waals surface area contributed by atoms with Gasteiger partial charge in [0.15, 0.2) is 5.79 Å². The van der Waals surface area contributed by atoms with Crippen LogP contribution in [0, 0.1) is 0 Å². The minimum Gasteiger partial charge on any atom is -0.444 e. The van der Waals surface area contributed by atoms with Crippen LogP contribution < -0.4 is 5.73 Å². The maximum Gasteiger partial charge on any atom is 0.410 e. The summed E-state index contributed by atoms with van der Waals surface area (Å²) in [6.45, 7) is 10.7. The number of nitrogens with two attached hydrogens (primary N) is 1. The largest absolute Gasteiger partial charge is 0.444 e. The average molecular weight is 286 g/mol. The number of nitrogens with zero attached hydrogens (tertiary/aromatic N) is 1. The highest BCUT2D eigenvalue weighted by Crippen LogP contribution is 2.41. The Labute approximate surface area is 120 Å². The lowest BCUT2D eigenvalue weighted by atomic mass is 9.89. The lowest BCUT2D eigenvalue weighted by Gasteiger charge is -2.41. The first kappa shape index (κ1) is 15.5. The van der Waals surface area contributed by atoms with Crippen molar-refractivity contribution in [3.8, 4) is 0 Å². The van der Waals surface area contributed by atoms with Crippen LogP contribution >= 0.6 is 0 Å². The van der Waals surface area contributed by atoms with Gasteiger partial charge in [-0.1, -0.05) is 0 Å². The van der Waals surface area contributed by atoms with E-state index in [2.05, 4.69) is 0 Å². The zero-order valence-corrected chi connectivity index (χ0v) is 13.1. The molecular formula is C14H26N2O4. The van der Waals surface area contributed by atoms with Crippen molar-refractivity contribution < 1.29 is 19.0 Å². The fourth-order valence-corrected chi connectivity index (χ4v) is 2.83. The van der Waals surface area contributed by atoms with Gasteiger partial charge in [-0.05, 0) is 41.0 Å². The third-order valence-corrected chi connectivity index (χ3v) is 3.65. The molecule has 2 aliphatic heterocycles. The molecule has 6 heteroatoms. The Hall–Kier alpha value is -0.850. The molecule has 0 bridgehead atoms. The van der Waals surface area contributed by atoms with E-state index >= 15 is 0 Å². The van der Waals surface area contributed by atoms with Gasteiger partial charge in [0, 0.05) is 13.1 Å². The molecule has 0 aromatic rings. The van der Waals surface area contributed by atoms with Crippen molar-refractivity contribution >= 4 is 6.09 Å². The van der Waals surface area contributed by atoms with Crippen LogP contribution in [0.25, 0.3) is 0 Å². The summed E-state index contributed by atoms with van der Waals surface area (Å²) < 4.78 is 17.3. The molecule has 0 aromatic carbocycles. The molecule has 0 aromatic heterocycles. The molecule has 2 saturated heterocycles. The van der Waals surface area contributed by atoms with Gasteiger partial charge in [0.1, 0.15) is 17.3 Å². The predicted octanol–water partition coefficient (Wildman–Crippen LogP) is 1.48. The van der Waals surface area contributed by atoms with Crippen LogP contribution in [-0.4, -0.2) is 53.7 Å². The first-order valence-electron chi connectivity index (χ1n) is 7.13. The molecule has 2 unspecified atom stereocenters. The summed E-state index contributed by atoms with van der Waals surface area (Å²) in [5, 5.41) is 0. The number of hydrogen-bond donors (Lipinski definition) is 1. The summed E-state index contributed by atoms with van der Waals surface area (Å²) in [7, 11) is 0. The summed E-state index contributed by atoms with van der Waals surface area (Å²) >= 11 is 0. The Morgan fingerprint density at radius 3 is 2.65 bits per heavy atom. The van der Waals surface area contributed by atoms with Crippen LogP contribution in [0.3, 0.4) is 0 Å². The number of ether oxygens (including phenoxy) is 3. The fourth-order valence-electron chi connectivity index (χ4n) is 2.83. The van der Waals surface area contributed by atoms with Gasteiger partial charge in [-0.15, -0.1) is 0 Å². The van der Waals surface area contributed by atoms with E-state index in [1.165, 1.54) is 0 Å². The second-order valence-corrected chi connectivity index (χ2v) is 7.05. The van der Waals surface area contributed by atoms with Crippen molar-refractivity contribution in [3.05, 3.63) is 0 Å². The van der Waals surface area contributed by atoms with E-state index < -0.39 is 17.0 Å². The zero-order chi connectivity index (χ0) is 15.2. The average Bonchev–Trinajstić information content (AvgIpc) is 2.56. The molecule has 116 valence electrons. The highest BCUT2D eigenvalue weighted by atomic mass is 16.8. The number of fused-ring (bicyclic) bond motifs is 1. The summed E-state index contributed by atoms with van der Waals surface area (Å²) in [6.07, 6.45) is 0.150. The monoisotopic (exact) mass is 286 g/mol. The molecule has 2 aliphatic rings. The first-order valence-corrected chi connectivity index (χ1v) is 7.13. The summed E-state index contributed by atoms with van der Waals surface area (Å²) in [4.78, 5) is 13.8. The Balaban J connectivity index is 2.06. The van der Waals surface area contributed by atoms with Gasteiger partial charge < -0.3 is 24.8 Å². The molecule has 1 amide bonds. The molecule has 20 heavy (non-hydrogen) atoms. The van der Waals surface area contributed by atoms with Gasteiger partial charge in [0.05, 0.1) is 6.54 Å². The molecule has 2 atom stereocenters. The molecule has 2 heterocycles. The number of hydrogen-bond acceptors (Lipinski definition) is 5. The van der Waals surface area contributed by atoms with E-state index in [0.29, 0.717) is 26.1 Å². The topological polar surface area (TPSA) is 74.0 Å². The van der Waals surface area contributed by atoms with Crippen LogP contribution in [0.1, 0.15) is 41.0 Å². The molecule has 0 saturated carbocycles. The fraction of sp³-hybridized carbons (Fsp3) is 0.929. The number of carbonyl (C=O) groups excluding carboxylic acids is 1. The minimum atomic E-state index is -0.659. The van der Waals surface area contributed by atoms with Crippen molar-refractivity contribution in [2.45, 2.75) is 64.1 Å². The number of carbonyl (C=O) groups is 1. The van der Waals surface area contributed by atoms with Gasteiger partial charge in [-0.3, -0.25) is 0 Å². The van der Waals surface area contributed by atoms with Gasteiger partial charge in [0.2, 0.25) is 0 Å². The molecule has 0 aliphatic carbocycles. The minimum absolute atomic E-state index is 0.205. The van der Waals surface area contributed by atoms with E-state index in [-0.39, 0.29) is 12.2 Å². The van der Waals surface area contributed by atoms with E-state index in [9.17, 15) is 4.79 Å². The van der Waals surface area contributed by atoms with Crippen LogP contribution in [0.2, 0.25) is 0 Å². The Morgan fingerprint density at radius 1 is 1.45 bits per heavy atom. The van der Waals surface area contributed by atoms with E-state index in [1.807, 2.05) is 34.6 Å². The summed E-state index contributed by atoms with van der Waals surface area (Å²) in [5.74, 6) is -0.659. The second kappa shape index (κ2) is 4.86. The third kappa shape index (κ3) is 3.07. The SMILES string of the molecule is CC(C)(C)OC(=O)N1CCC2(CN)OC(C)(C)OC2C1. The maximum atomic E-state index is 12.1. The number of piperidine rings is 1. The van der Waals surface area contributed by atoms with Crippen LogP contribution in [0.4, 0.5) is 4.79 Å². The van der Waals surface area contributed by atoms with Crippen LogP contribution in [0.15, 0.2) is 0 Å². The van der Waals surface area contributed by atoms with Gasteiger partial charge >= 0.3 is 6.09 Å². The molecular weight excluding hydrogens is 260 g/mol. The van der Waals surface area contributed by atoms with Crippen molar-refractivity contribution in [2.75, 3.05) is 19.6 Å². The molecule has 2 N–H and O–H groups in total. The number of likely N-dealkylation sites (tertiary alicyclic amines) is 1. The molecule has 6 nitrogen and oxygen atoms in total. The second-order valence-electron chi connectivity index (χ2n) is 7.05. The maximum absolute atomic E-state index is 12.1. The van der Waals surface area contributed by atoms with E-state index in [1.54, 1.807) is 4.90 Å². The Morgan fingerprint density at radius 2 is 2.10 bits per heavy atom. The highest BCUT2D eigenvalue weighted by molar-refractivity contribution is 5.68. The lowest BCUT2D eigenvalue weighted by molar-refractivity contribution is -0.161. The normalized spacial score (nSPS) is 32.9. The molecule has 0 spiro atoms. The predicted molar refractivity (Wildman–Crippen MR) is 74.2 cm³/mol. The van der Waals surface area contributed by atoms with Crippen LogP contribution in [-0.2, 0) is 14.2 Å². The van der Waals surface area contributed by atoms with Crippen molar-refractivity contribution in [3.63, 3.8) is 0 Å². The summed E-state index contributed by atoms with van der Waals surface area (Å²) in [6, 6.07) is 0. The first-order chi connectivity index (χ1) is 9.07. The molecule has 2 rings (SSSR count). The third-order valence-electron chi connectivity index (χ3n) is 3.65. The number of amides is 1. The Bertz CT molecular complexity index is 391. The zero-order valence-electron chi connectivity index (χ0n) is 13.1. The standard InChI is InChI=1S/C14H26N2O4/c1-12(2,3)19-11(17)16-7-6-14(9-15)10(8-16)18-13(4,5)20-14/h10H,6-9,15H2,1-5H3. The van der Waals surface area contributed by atoms with Crippen molar-refractivity contribution in [1.29, 1.82) is 0 Å². The quantitative estimate of drug-likeness (QED) is 0.790. The van der Waals surface area contributed by atoms with E-state index in [4.69, 9.17) is 19.9 Å². The van der Waals surface area contributed by atoms with Crippen LogP contribution in [0.5, 0.6) is 0 Å². The molecule has 2 fully saturated rings. The van der Waals surface area contributed by atoms with Gasteiger partial charge in [0.25, 0.3) is 0 Å². The number of rotatable bonds is 1. The van der Waals surface area contributed by atoms with Crippen molar-refractivity contribution in [2.24, 2.45) is 5.73 Å². The Kier molecular flexibility index (Phi) is 3.77. The van der Waals surface area contributed by atoms with Crippen molar-refractivity contribution in [1.82, 2.24) is 4.90 Å².